The number of benzene rings is 4. The van der Waals surface area contributed by atoms with E-state index in [2.05, 4.69) is 117 Å². The first kappa shape index (κ1) is 20.5. The van der Waals surface area contributed by atoms with Gasteiger partial charge in [-0.2, -0.15) is 0 Å². The fourth-order valence-electron chi connectivity index (χ4n) is 5.04. The molecule has 3 nitrogen and oxygen atoms in total. The lowest BCUT2D eigenvalue weighted by molar-refractivity contribution is 0.00578. The molecule has 0 bridgehead atoms. The summed E-state index contributed by atoms with van der Waals surface area (Å²) in [4.78, 5) is 0. The summed E-state index contributed by atoms with van der Waals surface area (Å²) < 4.78 is 15.4. The zero-order valence-electron chi connectivity index (χ0n) is 19.6. The Kier molecular flexibility index (Phi) is 4.49. The molecular formula is C29H28BNO2. The molecule has 4 heteroatoms. The standard InChI is InChI=1S/C29H28BNO2/c1-28(2)29(3,4)33-30(32-28)24-15-10-16-25-26(24)23-18-17-21-13-8-9-14-22(21)27(23)31(25)19-20-11-6-5-7-12-20/h5-18H,19H2,1-4H3. The Morgan fingerprint density at radius 3 is 2.15 bits per heavy atom. The van der Waals surface area contributed by atoms with Gasteiger partial charge in [-0.1, -0.05) is 78.9 Å². The molecule has 1 aliphatic rings. The first-order chi connectivity index (χ1) is 15.9. The van der Waals surface area contributed by atoms with Crippen LogP contribution in [0.3, 0.4) is 0 Å². The second-order valence-electron chi connectivity index (χ2n) is 10.1. The highest BCUT2D eigenvalue weighted by atomic mass is 16.7. The molecule has 6 rings (SSSR count). The molecular weight excluding hydrogens is 405 g/mol. The van der Waals surface area contributed by atoms with Gasteiger partial charge in [0, 0.05) is 28.2 Å². The molecule has 0 saturated carbocycles. The van der Waals surface area contributed by atoms with Crippen molar-refractivity contribution < 1.29 is 9.31 Å². The predicted octanol–water partition coefficient (Wildman–Crippen LogP) is 6.30. The van der Waals surface area contributed by atoms with Crippen molar-refractivity contribution in [2.75, 3.05) is 0 Å². The lowest BCUT2D eigenvalue weighted by Crippen LogP contribution is -2.41. The Hall–Kier alpha value is -3.08. The number of hydrogen-bond donors (Lipinski definition) is 0. The average molecular weight is 433 g/mol. The average Bonchev–Trinajstić information content (AvgIpc) is 3.24. The van der Waals surface area contributed by atoms with Gasteiger partial charge in [0.25, 0.3) is 0 Å². The summed E-state index contributed by atoms with van der Waals surface area (Å²) in [5.74, 6) is 0. The highest BCUT2D eigenvalue weighted by Crippen LogP contribution is 2.39. The Morgan fingerprint density at radius 2 is 1.39 bits per heavy atom. The van der Waals surface area contributed by atoms with Gasteiger partial charge >= 0.3 is 7.12 Å². The van der Waals surface area contributed by atoms with Gasteiger partial charge in [0.05, 0.1) is 16.7 Å². The van der Waals surface area contributed by atoms with E-state index >= 15 is 0 Å². The van der Waals surface area contributed by atoms with Crippen molar-refractivity contribution in [3.05, 3.63) is 90.5 Å². The maximum atomic E-state index is 6.49. The molecule has 0 spiro atoms. The molecule has 0 radical (unpaired) electrons. The number of fused-ring (bicyclic) bond motifs is 5. The molecule has 1 aromatic heterocycles. The van der Waals surface area contributed by atoms with Crippen LogP contribution in [-0.4, -0.2) is 22.9 Å². The lowest BCUT2D eigenvalue weighted by Gasteiger charge is -2.32. The summed E-state index contributed by atoms with van der Waals surface area (Å²) in [6, 6.07) is 30.3. The first-order valence-corrected chi connectivity index (χ1v) is 11.7. The molecule has 1 saturated heterocycles. The molecule has 0 aliphatic carbocycles. The largest absolute Gasteiger partial charge is 0.495 e. The summed E-state index contributed by atoms with van der Waals surface area (Å²) >= 11 is 0. The van der Waals surface area contributed by atoms with Gasteiger partial charge in [-0.3, -0.25) is 0 Å². The van der Waals surface area contributed by atoms with Crippen molar-refractivity contribution in [3.63, 3.8) is 0 Å². The Morgan fingerprint density at radius 1 is 0.697 bits per heavy atom. The smallest absolute Gasteiger partial charge is 0.399 e. The number of aromatic nitrogens is 1. The zero-order chi connectivity index (χ0) is 22.8. The lowest BCUT2D eigenvalue weighted by atomic mass is 9.76. The summed E-state index contributed by atoms with van der Waals surface area (Å²) in [6.07, 6.45) is 0. The third-order valence-electron chi connectivity index (χ3n) is 7.50. The van der Waals surface area contributed by atoms with Crippen molar-refractivity contribution in [2.45, 2.75) is 45.4 Å². The van der Waals surface area contributed by atoms with Crippen molar-refractivity contribution in [2.24, 2.45) is 0 Å². The van der Waals surface area contributed by atoms with Crippen LogP contribution in [0.2, 0.25) is 0 Å². The molecule has 5 aromatic rings. The molecule has 0 amide bonds. The monoisotopic (exact) mass is 433 g/mol. The number of hydrogen-bond acceptors (Lipinski definition) is 2. The van der Waals surface area contributed by atoms with E-state index in [4.69, 9.17) is 9.31 Å². The van der Waals surface area contributed by atoms with Crippen LogP contribution in [0.4, 0.5) is 0 Å². The maximum Gasteiger partial charge on any atom is 0.495 e. The van der Waals surface area contributed by atoms with E-state index in [0.717, 1.165) is 12.0 Å². The SMILES string of the molecule is CC1(C)OB(c2cccc3c2c2ccc4ccccc4c2n3Cc2ccccc2)OC1(C)C. The van der Waals surface area contributed by atoms with Gasteiger partial charge < -0.3 is 13.9 Å². The van der Waals surface area contributed by atoms with Gasteiger partial charge in [0.2, 0.25) is 0 Å². The third-order valence-corrected chi connectivity index (χ3v) is 7.50. The Bertz CT molecular complexity index is 1480. The predicted molar refractivity (Wildman–Crippen MR) is 138 cm³/mol. The van der Waals surface area contributed by atoms with Crippen LogP contribution in [0, 0.1) is 0 Å². The van der Waals surface area contributed by atoms with Crippen molar-refractivity contribution in [1.82, 2.24) is 4.57 Å². The van der Waals surface area contributed by atoms with Crippen LogP contribution in [0.5, 0.6) is 0 Å². The summed E-state index contributed by atoms with van der Waals surface area (Å²) in [7, 11) is -0.402. The third kappa shape index (κ3) is 3.12. The molecule has 0 N–H and O–H groups in total. The summed E-state index contributed by atoms with van der Waals surface area (Å²) in [6.45, 7) is 9.25. The highest BCUT2D eigenvalue weighted by Gasteiger charge is 2.52. The molecule has 0 unspecified atom stereocenters. The zero-order valence-corrected chi connectivity index (χ0v) is 19.6. The summed E-state index contributed by atoms with van der Waals surface area (Å²) in [5, 5.41) is 4.97. The van der Waals surface area contributed by atoms with E-state index in [1.165, 1.54) is 38.1 Å². The minimum Gasteiger partial charge on any atom is -0.399 e. The van der Waals surface area contributed by atoms with E-state index in [1.54, 1.807) is 0 Å². The number of nitrogens with zero attached hydrogens (tertiary/aromatic N) is 1. The Balaban J connectivity index is 1.66. The van der Waals surface area contributed by atoms with Crippen LogP contribution >= 0.6 is 0 Å². The van der Waals surface area contributed by atoms with Crippen molar-refractivity contribution >= 4 is 45.2 Å². The van der Waals surface area contributed by atoms with Crippen molar-refractivity contribution in [3.8, 4) is 0 Å². The van der Waals surface area contributed by atoms with E-state index in [1.807, 2.05) is 0 Å². The van der Waals surface area contributed by atoms with E-state index < -0.39 is 7.12 Å². The molecule has 1 fully saturated rings. The molecule has 0 atom stereocenters. The quantitative estimate of drug-likeness (QED) is 0.312. The minimum atomic E-state index is -0.402. The first-order valence-electron chi connectivity index (χ1n) is 11.7. The van der Waals surface area contributed by atoms with Gasteiger partial charge in [-0.15, -0.1) is 0 Å². The highest BCUT2D eigenvalue weighted by molar-refractivity contribution is 6.66. The van der Waals surface area contributed by atoms with Crippen LogP contribution in [0.1, 0.15) is 33.3 Å². The van der Waals surface area contributed by atoms with Crippen LogP contribution < -0.4 is 5.46 Å². The van der Waals surface area contributed by atoms with Crippen LogP contribution in [0.25, 0.3) is 32.6 Å². The number of rotatable bonds is 3. The Labute approximate surface area is 195 Å². The molecule has 4 aromatic carbocycles. The second-order valence-corrected chi connectivity index (χ2v) is 10.1. The second kappa shape index (κ2) is 7.21. The topological polar surface area (TPSA) is 23.4 Å². The maximum absolute atomic E-state index is 6.49. The molecule has 33 heavy (non-hydrogen) atoms. The van der Waals surface area contributed by atoms with Gasteiger partial charge in [0.15, 0.2) is 0 Å². The van der Waals surface area contributed by atoms with E-state index in [0.29, 0.717) is 0 Å². The fraction of sp³-hybridized carbons (Fsp3) is 0.241. The minimum absolute atomic E-state index is 0.380. The fourth-order valence-corrected chi connectivity index (χ4v) is 5.04. The van der Waals surface area contributed by atoms with Gasteiger partial charge in [0.1, 0.15) is 0 Å². The van der Waals surface area contributed by atoms with Crippen molar-refractivity contribution in [1.29, 1.82) is 0 Å². The van der Waals surface area contributed by atoms with Gasteiger partial charge in [-0.25, -0.2) is 0 Å². The molecule has 164 valence electrons. The molecule has 2 heterocycles. The van der Waals surface area contributed by atoms with E-state index in [9.17, 15) is 0 Å². The van der Waals surface area contributed by atoms with E-state index in [-0.39, 0.29) is 11.2 Å². The molecule has 1 aliphatic heterocycles. The van der Waals surface area contributed by atoms with Crippen LogP contribution in [0.15, 0.2) is 84.9 Å². The van der Waals surface area contributed by atoms with Crippen LogP contribution in [-0.2, 0) is 15.9 Å². The van der Waals surface area contributed by atoms with Gasteiger partial charge in [-0.05, 0) is 50.2 Å². The summed E-state index contributed by atoms with van der Waals surface area (Å²) in [5.41, 5.74) is 4.08. The normalized spacial score (nSPS) is 17.4.